The maximum absolute atomic E-state index is 14.1. The minimum Gasteiger partial charge on any atom is -0.550 e. The highest BCUT2D eigenvalue weighted by Crippen LogP contribution is 2.50. The third-order valence-corrected chi connectivity index (χ3v) is 11.6. The van der Waals surface area contributed by atoms with E-state index in [1.807, 2.05) is 52.0 Å². The second-order valence-corrected chi connectivity index (χ2v) is 19.2. The lowest BCUT2D eigenvalue weighted by atomic mass is 9.95. The van der Waals surface area contributed by atoms with E-state index in [9.17, 15) is 49.0 Å². The highest BCUT2D eigenvalue weighted by molar-refractivity contribution is 8.18. The Bertz CT molecular complexity index is 1880. The van der Waals surface area contributed by atoms with Gasteiger partial charge in [0.05, 0.1) is 28.5 Å². The fourth-order valence-corrected chi connectivity index (χ4v) is 9.10. The molecule has 0 amide bonds. The molecule has 0 aromatic heterocycles. The summed E-state index contributed by atoms with van der Waals surface area (Å²) in [6.45, 7) is 11.6. The minimum absolute atomic E-state index is 0.0586. The molecule has 4 rings (SSSR count). The number of rotatable bonds is 22. The van der Waals surface area contributed by atoms with Gasteiger partial charge in [-0.05, 0) is 96.5 Å². The van der Waals surface area contributed by atoms with Gasteiger partial charge >= 0.3 is 0 Å². The monoisotopic (exact) mass is 854 g/mol. The zero-order valence-electron chi connectivity index (χ0n) is 33.9. The Hall–Kier alpha value is -4.18. The lowest BCUT2D eigenvalue weighted by Gasteiger charge is -2.28. The number of thioether (sulfide) groups is 2. The average molecular weight is 855 g/mol. The number of aliphatic hydroxyl groups excluding tert-OH is 4. The topological polar surface area (TPSA) is 180 Å². The normalized spacial score (nSPS) is 13.9. The van der Waals surface area contributed by atoms with Gasteiger partial charge in [0.25, 0.3) is 0 Å². The molecule has 0 spiro atoms. The van der Waals surface area contributed by atoms with Gasteiger partial charge in [-0.2, -0.15) is 0 Å². The second kappa shape index (κ2) is 21.4. The second-order valence-electron chi connectivity index (χ2n) is 15.6. The van der Waals surface area contributed by atoms with Gasteiger partial charge in [0.2, 0.25) is 0 Å². The maximum Gasteiger partial charge on any atom is 0.130 e. The van der Waals surface area contributed by atoms with Crippen molar-refractivity contribution in [1.29, 1.82) is 0 Å². The number of benzene rings is 4. The number of carboxylic acids is 2. The van der Waals surface area contributed by atoms with Gasteiger partial charge in [0.1, 0.15) is 36.3 Å². The van der Waals surface area contributed by atoms with Gasteiger partial charge in [-0.1, -0.05) is 52.0 Å². The maximum atomic E-state index is 14.1. The standard InChI is InChI=1S/C45H54F2O10S2/c1-25(2)37-19-35(21-39(27-7-11-29(46)12-8-27)43(37)56-23-33(50)15-31(48)17-41(52)53)58-45(5,6)59-36-20-38(26(3)4)44(40(22-36)28-9-13-30(47)14-10-28)57-24-34(51)16-32(49)18-42(54)55/h7-14,19-22,25-26,31-34,48-51H,15-18,23-24H2,1-6H3,(H,52,53)(H,54,55)/p-2/t31-,32-,33-,34-/m1/s1. The van der Waals surface area contributed by atoms with E-state index in [4.69, 9.17) is 9.47 Å². The van der Waals surface area contributed by atoms with Crippen LogP contribution in [0.4, 0.5) is 8.78 Å². The van der Waals surface area contributed by atoms with Crippen LogP contribution in [0.3, 0.4) is 0 Å². The van der Waals surface area contributed by atoms with Crippen molar-refractivity contribution < 1.29 is 58.5 Å². The number of aliphatic carboxylic acids is 2. The lowest BCUT2D eigenvalue weighted by molar-refractivity contribution is -0.309. The zero-order chi connectivity index (χ0) is 43.6. The van der Waals surface area contributed by atoms with E-state index in [-0.39, 0.29) is 37.9 Å². The summed E-state index contributed by atoms with van der Waals surface area (Å²) < 4.78 is 40.1. The van der Waals surface area contributed by atoms with E-state index in [0.717, 1.165) is 20.9 Å². The summed E-state index contributed by atoms with van der Waals surface area (Å²) in [5.74, 6) is -2.88. The molecular formula is C45H52F2O10S2-2. The van der Waals surface area contributed by atoms with Crippen molar-refractivity contribution in [1.82, 2.24) is 0 Å². The van der Waals surface area contributed by atoms with Crippen LogP contribution in [0.15, 0.2) is 82.6 Å². The van der Waals surface area contributed by atoms with Crippen molar-refractivity contribution in [3.8, 4) is 33.8 Å². The van der Waals surface area contributed by atoms with E-state index in [0.29, 0.717) is 33.8 Å². The van der Waals surface area contributed by atoms with Crippen LogP contribution < -0.4 is 19.7 Å². The minimum atomic E-state index is -1.43. The van der Waals surface area contributed by atoms with Crippen LogP contribution in [-0.4, -0.2) is 74.1 Å². The van der Waals surface area contributed by atoms with Gasteiger partial charge in [-0.25, -0.2) is 8.78 Å². The van der Waals surface area contributed by atoms with Crippen molar-refractivity contribution in [2.75, 3.05) is 13.2 Å². The van der Waals surface area contributed by atoms with Crippen molar-refractivity contribution in [2.24, 2.45) is 0 Å². The molecular weight excluding hydrogens is 803 g/mol. The molecule has 0 bridgehead atoms. The first-order chi connectivity index (χ1) is 27.7. The van der Waals surface area contributed by atoms with Gasteiger partial charge in [0, 0.05) is 58.5 Å². The molecule has 4 atom stereocenters. The number of hydrogen-bond donors (Lipinski definition) is 4. The fourth-order valence-electron chi connectivity index (χ4n) is 6.50. The van der Waals surface area contributed by atoms with Crippen LogP contribution in [0.25, 0.3) is 22.3 Å². The van der Waals surface area contributed by atoms with Gasteiger partial charge in [-0.3, -0.25) is 0 Å². The summed E-state index contributed by atoms with van der Waals surface area (Å²) in [6, 6.07) is 19.8. The Labute approximate surface area is 352 Å². The van der Waals surface area contributed by atoms with Crippen molar-refractivity contribution in [3.05, 3.63) is 95.6 Å². The molecule has 320 valence electrons. The summed E-state index contributed by atoms with van der Waals surface area (Å²) in [7, 11) is 0. The number of aliphatic hydroxyl groups is 4. The van der Waals surface area contributed by atoms with E-state index in [1.54, 1.807) is 47.8 Å². The molecule has 0 aliphatic heterocycles. The third-order valence-electron chi connectivity index (χ3n) is 9.20. The number of ether oxygens (including phenoxy) is 2. The highest BCUT2D eigenvalue weighted by Gasteiger charge is 2.27. The Morgan fingerprint density at radius 1 is 0.610 bits per heavy atom. The Balaban J connectivity index is 1.70. The molecule has 0 heterocycles. The predicted molar refractivity (Wildman–Crippen MR) is 221 cm³/mol. The first kappa shape index (κ1) is 47.5. The fraction of sp³-hybridized carbons (Fsp3) is 0.422. The summed E-state index contributed by atoms with van der Waals surface area (Å²) in [6.07, 6.45) is -6.69. The molecule has 0 radical (unpaired) electrons. The molecule has 14 heteroatoms. The first-order valence-electron chi connectivity index (χ1n) is 19.3. The molecule has 0 saturated carbocycles. The predicted octanol–water partition coefficient (Wildman–Crippen LogP) is 6.43. The average Bonchev–Trinajstić information content (AvgIpc) is 3.12. The van der Waals surface area contributed by atoms with Crippen LogP contribution in [0.5, 0.6) is 11.5 Å². The van der Waals surface area contributed by atoms with Crippen LogP contribution in [-0.2, 0) is 9.59 Å². The number of halogens is 2. The lowest BCUT2D eigenvalue weighted by Crippen LogP contribution is -2.31. The first-order valence-corrected chi connectivity index (χ1v) is 21.0. The number of carbonyl (C=O) groups is 2. The van der Waals surface area contributed by atoms with E-state index in [1.165, 1.54) is 24.3 Å². The molecule has 4 aromatic carbocycles. The van der Waals surface area contributed by atoms with Crippen LogP contribution in [0.2, 0.25) is 0 Å². The van der Waals surface area contributed by atoms with Gasteiger partial charge < -0.3 is 49.7 Å². The molecule has 0 unspecified atom stereocenters. The van der Waals surface area contributed by atoms with Crippen molar-refractivity contribution in [2.45, 2.75) is 117 Å². The summed E-state index contributed by atoms with van der Waals surface area (Å²) in [5.41, 5.74) is 4.27. The molecule has 59 heavy (non-hydrogen) atoms. The number of carboxylic acid groups (broad SMARTS) is 2. The SMILES string of the molecule is CC(C)c1cc(SC(C)(C)Sc2cc(-c3ccc(F)cc3)c(OC[C@H](O)C[C@@H](O)CC(=O)[O-])c(C(C)C)c2)cc(-c2ccc(F)cc2)c1OC[C@H](O)C[C@@H](O)CC(=O)[O-]. The molecule has 0 saturated heterocycles. The van der Waals surface area contributed by atoms with Crippen LogP contribution in [0.1, 0.15) is 90.2 Å². The van der Waals surface area contributed by atoms with E-state index in [2.05, 4.69) is 13.8 Å². The van der Waals surface area contributed by atoms with Gasteiger partial charge in [-0.15, -0.1) is 23.5 Å². The van der Waals surface area contributed by atoms with Crippen LogP contribution in [0, 0.1) is 11.6 Å². The molecule has 4 N–H and O–H groups in total. The summed E-state index contributed by atoms with van der Waals surface area (Å²) in [5, 5.41) is 63.2. The Morgan fingerprint density at radius 2 is 0.949 bits per heavy atom. The molecule has 4 aromatic rings. The molecule has 0 aliphatic rings. The van der Waals surface area contributed by atoms with Crippen LogP contribution >= 0.6 is 23.5 Å². The molecule has 10 nitrogen and oxygen atoms in total. The van der Waals surface area contributed by atoms with Crippen molar-refractivity contribution >= 4 is 35.5 Å². The third kappa shape index (κ3) is 14.5. The quantitative estimate of drug-likeness (QED) is 0.0504. The molecule has 0 fully saturated rings. The summed E-state index contributed by atoms with van der Waals surface area (Å²) >= 11 is 3.17. The highest BCUT2D eigenvalue weighted by atomic mass is 32.2. The Morgan fingerprint density at radius 3 is 1.25 bits per heavy atom. The van der Waals surface area contributed by atoms with Gasteiger partial charge in [0.15, 0.2) is 0 Å². The largest absolute Gasteiger partial charge is 0.550 e. The number of carbonyl (C=O) groups excluding carboxylic acids is 2. The smallest absolute Gasteiger partial charge is 0.130 e. The molecule has 0 aliphatic carbocycles. The van der Waals surface area contributed by atoms with E-state index < -0.39 is 64.9 Å². The summed E-state index contributed by atoms with van der Waals surface area (Å²) in [4.78, 5) is 23.6. The Kier molecular flexibility index (Phi) is 17.2. The zero-order valence-corrected chi connectivity index (χ0v) is 35.6. The van der Waals surface area contributed by atoms with Crippen molar-refractivity contribution in [3.63, 3.8) is 0 Å². The van der Waals surface area contributed by atoms with E-state index >= 15 is 0 Å². The number of hydrogen-bond acceptors (Lipinski definition) is 12.